The van der Waals surface area contributed by atoms with Crippen molar-refractivity contribution in [2.24, 2.45) is 5.92 Å². The van der Waals surface area contributed by atoms with Crippen LogP contribution >= 0.6 is 12.4 Å². The summed E-state index contributed by atoms with van der Waals surface area (Å²) >= 11 is 0. The smallest absolute Gasteiger partial charge is 0.262 e. The van der Waals surface area contributed by atoms with Crippen LogP contribution in [0, 0.1) is 5.92 Å². The molecule has 3 N–H and O–H groups in total. The topological polar surface area (TPSA) is 128 Å². The third-order valence-corrected chi connectivity index (χ3v) is 7.71. The van der Waals surface area contributed by atoms with Gasteiger partial charge in [0, 0.05) is 37.4 Å². The first-order valence-corrected chi connectivity index (χ1v) is 12.9. The number of morpholine rings is 1. The van der Waals surface area contributed by atoms with E-state index in [1.807, 2.05) is 6.07 Å². The molecular weight excluding hydrogens is 508 g/mol. The fraction of sp³-hybridized carbons (Fsp3) is 0.417. The molecule has 1 fully saturated rings. The molecule has 0 unspecified atom stereocenters. The first-order valence-electron chi connectivity index (χ1n) is 11.5. The molecule has 0 saturated carbocycles. The Hall–Kier alpha value is -2.54. The maximum atomic E-state index is 13.7. The zero-order chi connectivity index (χ0) is 25.4. The first kappa shape index (κ1) is 29.7. The Morgan fingerprint density at radius 2 is 1.67 bits per heavy atom. The van der Waals surface area contributed by atoms with Gasteiger partial charge >= 0.3 is 0 Å². The predicted octanol–water partition coefficient (Wildman–Crippen LogP) is 2.21. The number of hydrogen-bond acceptors (Lipinski definition) is 7. The lowest BCUT2D eigenvalue weighted by atomic mass is 10.0. The summed E-state index contributed by atoms with van der Waals surface area (Å²) in [6, 6.07) is 13.4. The van der Waals surface area contributed by atoms with Crippen LogP contribution in [-0.4, -0.2) is 80.1 Å². The van der Waals surface area contributed by atoms with Gasteiger partial charge in [0.2, 0.25) is 10.0 Å². The van der Waals surface area contributed by atoms with E-state index in [4.69, 9.17) is 4.74 Å². The van der Waals surface area contributed by atoms with E-state index in [0.29, 0.717) is 44.1 Å². The van der Waals surface area contributed by atoms with Crippen LogP contribution in [0.25, 0.3) is 0 Å². The number of amides is 2. The molecule has 2 aromatic rings. The van der Waals surface area contributed by atoms with Crippen molar-refractivity contribution in [1.82, 2.24) is 14.7 Å². The summed E-state index contributed by atoms with van der Waals surface area (Å²) in [6.07, 6.45) is 0. The van der Waals surface area contributed by atoms with Gasteiger partial charge in [-0.05, 0) is 42.3 Å². The number of anilines is 1. The lowest BCUT2D eigenvalue weighted by Gasteiger charge is -2.34. The number of hydroxylamine groups is 1. The number of halogens is 1. The standard InChI is InChI=1S/C24H32N4O6S.ClH/c1-18(2)22(24(30)26-31)28(13-12-27-14-16-34-17-15-27)35(32,33)21-10-8-20(9-11-21)25-23(29)19-6-4-3-5-7-19;/h3-11,18,22,31H,12-17H2,1-2H3,(H,25,29)(H,26,30);1H/t22-;/m1./s1. The summed E-state index contributed by atoms with van der Waals surface area (Å²) in [5.74, 6) is -1.50. The highest BCUT2D eigenvalue weighted by atomic mass is 35.5. The van der Waals surface area contributed by atoms with E-state index < -0.39 is 27.9 Å². The second-order valence-electron chi connectivity index (χ2n) is 8.58. The Bertz CT molecular complexity index is 1090. The molecule has 2 amide bonds. The summed E-state index contributed by atoms with van der Waals surface area (Å²) in [4.78, 5) is 26.9. The predicted molar refractivity (Wildman–Crippen MR) is 138 cm³/mol. The van der Waals surface area contributed by atoms with Gasteiger partial charge in [-0.15, -0.1) is 12.4 Å². The SMILES string of the molecule is CC(C)[C@H](C(=O)NO)N(CCN1CCOCC1)S(=O)(=O)c1ccc(NC(=O)c2ccccc2)cc1.Cl. The molecule has 1 aliphatic rings. The van der Waals surface area contributed by atoms with E-state index >= 15 is 0 Å². The zero-order valence-corrected chi connectivity index (χ0v) is 21.9. The van der Waals surface area contributed by atoms with Crippen molar-refractivity contribution in [3.63, 3.8) is 0 Å². The molecule has 1 aliphatic heterocycles. The minimum atomic E-state index is -4.11. The van der Waals surface area contributed by atoms with E-state index in [1.54, 1.807) is 43.6 Å². The molecule has 2 aromatic carbocycles. The molecular formula is C24H33ClN4O6S. The van der Waals surface area contributed by atoms with Gasteiger partial charge in [-0.2, -0.15) is 4.31 Å². The summed E-state index contributed by atoms with van der Waals surface area (Å²) < 4.78 is 33.8. The van der Waals surface area contributed by atoms with Crippen LogP contribution in [0.3, 0.4) is 0 Å². The Kier molecular flexibility index (Phi) is 11.3. The van der Waals surface area contributed by atoms with Crippen LogP contribution < -0.4 is 10.8 Å². The molecule has 10 nitrogen and oxygen atoms in total. The van der Waals surface area contributed by atoms with Gasteiger partial charge in [0.15, 0.2) is 0 Å². The first-order chi connectivity index (χ1) is 16.7. The number of carbonyl (C=O) groups excluding carboxylic acids is 2. The van der Waals surface area contributed by atoms with Gasteiger partial charge < -0.3 is 10.1 Å². The van der Waals surface area contributed by atoms with Crippen LogP contribution in [0.4, 0.5) is 5.69 Å². The van der Waals surface area contributed by atoms with Gasteiger partial charge in [-0.1, -0.05) is 32.0 Å². The molecule has 0 aliphatic carbocycles. The molecule has 3 rings (SSSR count). The largest absolute Gasteiger partial charge is 0.379 e. The van der Waals surface area contributed by atoms with E-state index in [9.17, 15) is 23.2 Å². The highest BCUT2D eigenvalue weighted by Gasteiger charge is 2.38. The summed E-state index contributed by atoms with van der Waals surface area (Å²) in [6.45, 7) is 6.38. The van der Waals surface area contributed by atoms with Crippen LogP contribution in [-0.2, 0) is 19.6 Å². The molecule has 0 radical (unpaired) electrons. The number of nitrogens with one attached hydrogen (secondary N) is 2. The Balaban J connectivity index is 0.00000456. The van der Waals surface area contributed by atoms with Crippen molar-refractivity contribution in [3.8, 4) is 0 Å². The second kappa shape index (κ2) is 13.7. The van der Waals surface area contributed by atoms with Crippen molar-refractivity contribution in [1.29, 1.82) is 0 Å². The fourth-order valence-corrected chi connectivity index (χ4v) is 5.66. The maximum absolute atomic E-state index is 13.7. The van der Waals surface area contributed by atoms with Crippen LogP contribution in [0.2, 0.25) is 0 Å². The molecule has 36 heavy (non-hydrogen) atoms. The minimum absolute atomic E-state index is 0. The van der Waals surface area contributed by atoms with Crippen molar-refractivity contribution >= 4 is 39.9 Å². The van der Waals surface area contributed by atoms with Crippen LogP contribution in [0.5, 0.6) is 0 Å². The molecule has 1 heterocycles. The van der Waals surface area contributed by atoms with Crippen LogP contribution in [0.15, 0.2) is 59.5 Å². The van der Waals surface area contributed by atoms with E-state index in [2.05, 4.69) is 10.2 Å². The van der Waals surface area contributed by atoms with Gasteiger partial charge in [0.25, 0.3) is 11.8 Å². The van der Waals surface area contributed by atoms with E-state index in [-0.39, 0.29) is 29.8 Å². The third kappa shape index (κ3) is 7.48. The van der Waals surface area contributed by atoms with E-state index in [0.717, 1.165) is 4.31 Å². The molecule has 1 saturated heterocycles. The lowest BCUT2D eigenvalue weighted by Crippen LogP contribution is -2.54. The fourth-order valence-electron chi connectivity index (χ4n) is 3.94. The number of sulfonamides is 1. The highest BCUT2D eigenvalue weighted by Crippen LogP contribution is 2.24. The van der Waals surface area contributed by atoms with Crippen molar-refractivity contribution < 1.29 is 28.0 Å². The molecule has 198 valence electrons. The number of rotatable bonds is 10. The van der Waals surface area contributed by atoms with Gasteiger partial charge in [0.05, 0.1) is 18.1 Å². The quantitative estimate of drug-likeness (QED) is 0.311. The summed E-state index contributed by atoms with van der Waals surface area (Å²) in [5, 5.41) is 12.0. The van der Waals surface area contributed by atoms with Gasteiger partial charge in [-0.25, -0.2) is 13.9 Å². The monoisotopic (exact) mass is 540 g/mol. The maximum Gasteiger partial charge on any atom is 0.262 e. The summed E-state index contributed by atoms with van der Waals surface area (Å²) in [5.41, 5.74) is 2.52. The average Bonchev–Trinajstić information content (AvgIpc) is 2.87. The normalized spacial score (nSPS) is 15.2. The van der Waals surface area contributed by atoms with Gasteiger partial charge in [0.1, 0.15) is 6.04 Å². The molecule has 0 spiro atoms. The van der Waals surface area contributed by atoms with Crippen molar-refractivity contribution in [2.45, 2.75) is 24.8 Å². The van der Waals surface area contributed by atoms with Crippen molar-refractivity contribution in [2.75, 3.05) is 44.7 Å². The Morgan fingerprint density at radius 3 is 2.22 bits per heavy atom. The second-order valence-corrected chi connectivity index (χ2v) is 10.5. The number of benzene rings is 2. The van der Waals surface area contributed by atoms with Gasteiger partial charge in [-0.3, -0.25) is 19.7 Å². The Labute approximate surface area is 218 Å². The number of hydrogen-bond donors (Lipinski definition) is 3. The number of nitrogens with zero attached hydrogens (tertiary/aromatic N) is 2. The lowest BCUT2D eigenvalue weighted by molar-refractivity contribution is -0.134. The van der Waals surface area contributed by atoms with Crippen molar-refractivity contribution in [3.05, 3.63) is 60.2 Å². The minimum Gasteiger partial charge on any atom is -0.379 e. The van der Waals surface area contributed by atoms with E-state index in [1.165, 1.54) is 24.3 Å². The zero-order valence-electron chi connectivity index (χ0n) is 20.3. The number of ether oxygens (including phenoxy) is 1. The third-order valence-electron chi connectivity index (χ3n) is 5.82. The van der Waals surface area contributed by atoms with Crippen LogP contribution in [0.1, 0.15) is 24.2 Å². The average molecular weight is 541 g/mol. The molecule has 0 bridgehead atoms. The molecule has 12 heteroatoms. The molecule has 0 aromatic heterocycles. The summed E-state index contributed by atoms with van der Waals surface area (Å²) in [7, 11) is -4.11. The highest BCUT2D eigenvalue weighted by molar-refractivity contribution is 7.89. The molecule has 1 atom stereocenters. The Morgan fingerprint density at radius 1 is 1.06 bits per heavy atom. The number of carbonyl (C=O) groups is 2.